The van der Waals surface area contributed by atoms with Crippen LogP contribution in [0.2, 0.25) is 0 Å². The first-order valence-electron chi connectivity index (χ1n) is 31.9. The molecule has 14 nitrogen and oxygen atoms in total. The molecule has 2 rings (SSSR count). The second-order valence-corrected chi connectivity index (χ2v) is 22.9. The fourth-order valence-electron chi connectivity index (χ4n) is 10.8. The molecule has 1 amide bonds. The van der Waals surface area contributed by atoms with E-state index in [1.807, 2.05) is 0 Å². The number of hydrogen-bond donors (Lipinski definition) is 9. The summed E-state index contributed by atoms with van der Waals surface area (Å²) in [6.07, 6.45) is 39.5. The van der Waals surface area contributed by atoms with Crippen LogP contribution in [0.15, 0.2) is 12.2 Å². The first-order chi connectivity index (χ1) is 37.1. The summed E-state index contributed by atoms with van der Waals surface area (Å²) >= 11 is 0. The van der Waals surface area contributed by atoms with Crippen molar-refractivity contribution >= 4 is 5.91 Å². The molecule has 12 unspecified atom stereocenters. The van der Waals surface area contributed by atoms with Crippen molar-refractivity contribution in [1.29, 1.82) is 0 Å². The molecule has 0 bridgehead atoms. The lowest BCUT2D eigenvalue weighted by Crippen LogP contribution is -2.65. The summed E-state index contributed by atoms with van der Waals surface area (Å²) < 4.78 is 22.8. The predicted octanol–water partition coefficient (Wildman–Crippen LogP) is 11.5. The molecule has 2 heterocycles. The number of ether oxygens (including phenoxy) is 4. The van der Waals surface area contributed by atoms with Crippen LogP contribution in [0.5, 0.6) is 0 Å². The standard InChI is InChI=1S/C62H119NO13/c1-3-5-7-9-11-13-15-17-18-19-20-21-22-23-24-25-26-27-28-29-30-31-32-34-35-37-39-41-43-45-51(66)50(63-54(67)46-44-42-40-38-36-33-16-14-12-10-8-6-4-2)49-73-61-59(72)57(70)60(53(48-65)75-61)76-62-58(71)56(69)55(68)52(47-64)74-62/h14,16,50-53,55-62,64-66,68-72H,3-13,15,17-49H2,1-2H3,(H,63,67)/b16-14-. The van der Waals surface area contributed by atoms with E-state index in [1.165, 1.54) is 186 Å². The number of carbonyl (C=O) groups is 1. The lowest BCUT2D eigenvalue weighted by atomic mass is 9.97. The number of unbranched alkanes of at least 4 members (excludes halogenated alkanes) is 37. The lowest BCUT2D eigenvalue weighted by Gasteiger charge is -2.46. The molecule has 2 aliphatic heterocycles. The molecule has 0 radical (unpaired) electrons. The van der Waals surface area contributed by atoms with Crippen molar-refractivity contribution in [3.8, 4) is 0 Å². The molecule has 2 saturated heterocycles. The fourth-order valence-corrected chi connectivity index (χ4v) is 10.8. The Labute approximate surface area is 463 Å². The van der Waals surface area contributed by atoms with Crippen molar-refractivity contribution in [3.05, 3.63) is 12.2 Å². The Morgan fingerprint density at radius 3 is 1.26 bits per heavy atom. The van der Waals surface area contributed by atoms with Crippen molar-refractivity contribution in [2.24, 2.45) is 0 Å². The largest absolute Gasteiger partial charge is 0.394 e. The van der Waals surface area contributed by atoms with Gasteiger partial charge in [0.15, 0.2) is 12.6 Å². The van der Waals surface area contributed by atoms with E-state index in [1.54, 1.807) is 0 Å². The zero-order valence-electron chi connectivity index (χ0n) is 48.5. The summed E-state index contributed by atoms with van der Waals surface area (Å²) in [5.74, 6) is -0.212. The van der Waals surface area contributed by atoms with Crippen molar-refractivity contribution in [2.75, 3.05) is 19.8 Å². The average Bonchev–Trinajstić information content (AvgIpc) is 3.42. The molecule has 0 spiro atoms. The molecular weight excluding hydrogens is 967 g/mol. The van der Waals surface area contributed by atoms with Gasteiger partial charge in [0, 0.05) is 6.42 Å². The van der Waals surface area contributed by atoms with Crippen LogP contribution >= 0.6 is 0 Å². The number of allylic oxidation sites excluding steroid dienone is 2. The maximum absolute atomic E-state index is 13.2. The van der Waals surface area contributed by atoms with Crippen LogP contribution in [-0.4, -0.2) is 140 Å². The Balaban J connectivity index is 1.66. The van der Waals surface area contributed by atoms with Gasteiger partial charge in [-0.25, -0.2) is 0 Å². The van der Waals surface area contributed by atoms with Gasteiger partial charge in [-0.15, -0.1) is 0 Å². The topological polar surface area (TPSA) is 228 Å². The quantitative estimate of drug-likeness (QED) is 0.0204. The van der Waals surface area contributed by atoms with E-state index in [0.717, 1.165) is 64.2 Å². The average molecular weight is 1090 g/mol. The summed E-state index contributed by atoms with van der Waals surface area (Å²) in [6, 6.07) is -0.830. The summed E-state index contributed by atoms with van der Waals surface area (Å²) in [6.45, 7) is 2.87. The second kappa shape index (κ2) is 48.4. The monoisotopic (exact) mass is 1090 g/mol. The third-order valence-corrected chi connectivity index (χ3v) is 16.0. The Morgan fingerprint density at radius 1 is 0.461 bits per heavy atom. The van der Waals surface area contributed by atoms with E-state index >= 15 is 0 Å². The van der Waals surface area contributed by atoms with Gasteiger partial charge in [-0.2, -0.15) is 0 Å². The van der Waals surface area contributed by atoms with Gasteiger partial charge >= 0.3 is 0 Å². The SMILES string of the molecule is CCCCCC/C=C\CCCCCCCC(=O)NC(COC1OC(CO)C(OC2OC(CO)C(O)C(O)C2O)C(O)C1O)C(O)CCCCCCCCCCCCCCCCCCCCCCCCCCCCCCC. The number of amides is 1. The van der Waals surface area contributed by atoms with E-state index in [2.05, 4.69) is 31.3 Å². The van der Waals surface area contributed by atoms with Gasteiger partial charge in [0.05, 0.1) is 32.0 Å². The van der Waals surface area contributed by atoms with Crippen molar-refractivity contribution < 1.29 is 64.6 Å². The van der Waals surface area contributed by atoms with Crippen LogP contribution in [0.25, 0.3) is 0 Å². The molecule has 12 atom stereocenters. The zero-order valence-corrected chi connectivity index (χ0v) is 48.5. The van der Waals surface area contributed by atoms with Crippen molar-refractivity contribution in [3.63, 3.8) is 0 Å². The van der Waals surface area contributed by atoms with Gasteiger partial charge in [-0.05, 0) is 38.5 Å². The molecule has 2 fully saturated rings. The summed E-state index contributed by atoms with van der Waals surface area (Å²) in [5.41, 5.74) is 0. The van der Waals surface area contributed by atoms with Gasteiger partial charge in [-0.1, -0.05) is 251 Å². The molecule has 0 aromatic rings. The number of nitrogens with one attached hydrogen (secondary N) is 1. The first kappa shape index (κ1) is 70.8. The Bertz CT molecular complexity index is 1330. The van der Waals surface area contributed by atoms with Crippen molar-refractivity contribution in [1.82, 2.24) is 5.32 Å². The number of aliphatic hydroxyl groups excluding tert-OH is 8. The number of hydrogen-bond acceptors (Lipinski definition) is 13. The molecule has 0 aliphatic carbocycles. The molecule has 0 aromatic carbocycles. The van der Waals surface area contributed by atoms with Crippen LogP contribution in [-0.2, 0) is 23.7 Å². The van der Waals surface area contributed by atoms with Crippen LogP contribution in [0.3, 0.4) is 0 Å². The predicted molar refractivity (Wildman–Crippen MR) is 305 cm³/mol. The van der Waals surface area contributed by atoms with E-state index in [-0.39, 0.29) is 12.5 Å². The van der Waals surface area contributed by atoms with E-state index in [9.17, 15) is 45.6 Å². The maximum atomic E-state index is 13.2. The third kappa shape index (κ3) is 33.5. The smallest absolute Gasteiger partial charge is 0.220 e. The van der Waals surface area contributed by atoms with E-state index in [0.29, 0.717) is 19.3 Å². The third-order valence-electron chi connectivity index (χ3n) is 16.0. The maximum Gasteiger partial charge on any atom is 0.220 e. The molecule has 9 N–H and O–H groups in total. The van der Waals surface area contributed by atoms with Crippen LogP contribution < -0.4 is 5.32 Å². The van der Waals surface area contributed by atoms with Gasteiger partial charge in [0.25, 0.3) is 0 Å². The second-order valence-electron chi connectivity index (χ2n) is 22.9. The highest BCUT2D eigenvalue weighted by Gasteiger charge is 2.51. The minimum absolute atomic E-state index is 0.212. The van der Waals surface area contributed by atoms with Gasteiger partial charge in [0.1, 0.15) is 48.8 Å². The minimum Gasteiger partial charge on any atom is -0.394 e. The molecule has 0 aromatic heterocycles. The molecular formula is C62H119NO13. The Morgan fingerprint density at radius 2 is 0.829 bits per heavy atom. The molecule has 76 heavy (non-hydrogen) atoms. The molecule has 450 valence electrons. The fraction of sp³-hybridized carbons (Fsp3) is 0.952. The Kier molecular flexibility index (Phi) is 45.1. The summed E-state index contributed by atoms with van der Waals surface area (Å²) in [4.78, 5) is 13.2. The highest BCUT2D eigenvalue weighted by molar-refractivity contribution is 5.76. The first-order valence-corrected chi connectivity index (χ1v) is 31.9. The minimum atomic E-state index is -1.78. The summed E-state index contributed by atoms with van der Waals surface area (Å²) in [7, 11) is 0. The summed E-state index contributed by atoms with van der Waals surface area (Å²) in [5, 5.41) is 87.3. The van der Waals surface area contributed by atoms with Gasteiger partial charge < -0.3 is 65.1 Å². The molecule has 0 saturated carbocycles. The molecule has 2 aliphatic rings. The van der Waals surface area contributed by atoms with Crippen molar-refractivity contribution in [2.45, 2.75) is 357 Å². The van der Waals surface area contributed by atoms with Gasteiger partial charge in [-0.3, -0.25) is 4.79 Å². The zero-order chi connectivity index (χ0) is 55.3. The number of aliphatic hydroxyl groups is 8. The van der Waals surface area contributed by atoms with Crippen LogP contribution in [0, 0.1) is 0 Å². The highest BCUT2D eigenvalue weighted by Crippen LogP contribution is 2.30. The Hall–Kier alpha value is -1.27. The van der Waals surface area contributed by atoms with E-state index in [4.69, 9.17) is 18.9 Å². The number of rotatable bonds is 52. The lowest BCUT2D eigenvalue weighted by molar-refractivity contribution is -0.359. The van der Waals surface area contributed by atoms with Crippen LogP contribution in [0.4, 0.5) is 0 Å². The normalized spacial score (nSPS) is 24.9. The number of carbonyl (C=O) groups excluding carboxylic acids is 1. The van der Waals surface area contributed by atoms with Crippen LogP contribution in [0.1, 0.15) is 284 Å². The van der Waals surface area contributed by atoms with Gasteiger partial charge in [0.2, 0.25) is 5.91 Å². The molecule has 14 heteroatoms. The highest BCUT2D eigenvalue weighted by atomic mass is 16.7. The van der Waals surface area contributed by atoms with E-state index < -0.39 is 86.8 Å².